The Kier molecular flexibility index (Phi) is 4.99. The van der Waals surface area contributed by atoms with Crippen molar-refractivity contribution in [3.8, 4) is 11.5 Å². The second kappa shape index (κ2) is 6.55. The quantitative estimate of drug-likeness (QED) is 0.734. The van der Waals surface area contributed by atoms with Crippen molar-refractivity contribution in [1.29, 1.82) is 5.41 Å². The number of phenolic OH excluding ortho intramolecular Hbond substituents is 1. The topological polar surface area (TPSA) is 53.3 Å². The van der Waals surface area contributed by atoms with Gasteiger partial charge in [-0.15, -0.1) is 0 Å². The van der Waals surface area contributed by atoms with Crippen molar-refractivity contribution in [2.24, 2.45) is 0 Å². The Morgan fingerprint density at radius 1 is 0.920 bits per heavy atom. The Labute approximate surface area is 151 Å². The van der Waals surface area contributed by atoms with Crippen LogP contribution in [-0.4, -0.2) is 17.9 Å². The second-order valence-corrected chi connectivity index (χ2v) is 8.52. The lowest BCUT2D eigenvalue weighted by atomic mass is 9.78. The van der Waals surface area contributed by atoms with Gasteiger partial charge >= 0.3 is 0 Å². The van der Waals surface area contributed by atoms with Crippen LogP contribution in [0.1, 0.15) is 63.8 Å². The highest BCUT2D eigenvalue weighted by molar-refractivity contribution is 6.12. The first-order chi connectivity index (χ1) is 11.4. The molecule has 0 saturated carbocycles. The molecular formula is C22H29NO2. The number of rotatable bonds is 3. The predicted octanol–water partition coefficient (Wildman–Crippen LogP) is 5.41. The van der Waals surface area contributed by atoms with E-state index >= 15 is 0 Å². The van der Waals surface area contributed by atoms with Gasteiger partial charge in [0.2, 0.25) is 0 Å². The molecule has 0 bridgehead atoms. The van der Waals surface area contributed by atoms with Gasteiger partial charge in [-0.2, -0.15) is 0 Å². The summed E-state index contributed by atoms with van der Waals surface area (Å²) >= 11 is 0. The Hall–Kier alpha value is -2.29. The van der Waals surface area contributed by atoms with Gasteiger partial charge in [-0.05, 0) is 46.7 Å². The molecule has 2 aromatic rings. The van der Waals surface area contributed by atoms with Crippen molar-refractivity contribution < 1.29 is 9.84 Å². The summed E-state index contributed by atoms with van der Waals surface area (Å²) in [5, 5.41) is 19.5. The monoisotopic (exact) mass is 339 g/mol. The Morgan fingerprint density at radius 3 is 1.92 bits per heavy atom. The van der Waals surface area contributed by atoms with Gasteiger partial charge in [0.15, 0.2) is 0 Å². The van der Waals surface area contributed by atoms with Crippen molar-refractivity contribution in [3.05, 3.63) is 58.7 Å². The van der Waals surface area contributed by atoms with Gasteiger partial charge in [0.1, 0.15) is 11.5 Å². The minimum absolute atomic E-state index is 0.0668. The maximum Gasteiger partial charge on any atom is 0.128 e. The van der Waals surface area contributed by atoms with Crippen LogP contribution in [-0.2, 0) is 10.8 Å². The molecule has 0 aliphatic carbocycles. The molecule has 0 spiro atoms. The summed E-state index contributed by atoms with van der Waals surface area (Å²) < 4.78 is 5.19. The fraction of sp³-hybridized carbons (Fsp3) is 0.409. The summed E-state index contributed by atoms with van der Waals surface area (Å²) in [6.45, 7) is 12.7. The number of hydrogen-bond acceptors (Lipinski definition) is 3. The summed E-state index contributed by atoms with van der Waals surface area (Å²) in [5.74, 6) is 0.945. The van der Waals surface area contributed by atoms with E-state index in [9.17, 15) is 5.11 Å². The van der Waals surface area contributed by atoms with Crippen LogP contribution in [0.5, 0.6) is 11.5 Å². The maximum atomic E-state index is 10.9. The second-order valence-electron chi connectivity index (χ2n) is 8.52. The molecule has 3 nitrogen and oxygen atoms in total. The third-order valence-corrected chi connectivity index (χ3v) is 4.43. The van der Waals surface area contributed by atoms with Crippen LogP contribution >= 0.6 is 0 Å². The van der Waals surface area contributed by atoms with Gasteiger partial charge in [0.25, 0.3) is 0 Å². The molecule has 2 N–H and O–H groups in total. The highest BCUT2D eigenvalue weighted by Crippen LogP contribution is 2.38. The summed E-state index contributed by atoms with van der Waals surface area (Å²) in [6.07, 6.45) is 0. The van der Waals surface area contributed by atoms with E-state index in [4.69, 9.17) is 10.1 Å². The zero-order valence-corrected chi connectivity index (χ0v) is 16.3. The lowest BCUT2D eigenvalue weighted by molar-refractivity contribution is 0.415. The summed E-state index contributed by atoms with van der Waals surface area (Å²) in [5.41, 5.74) is 3.35. The minimum Gasteiger partial charge on any atom is -0.507 e. The number of ether oxygens (including phenoxy) is 1. The van der Waals surface area contributed by atoms with E-state index in [1.807, 2.05) is 30.3 Å². The highest BCUT2D eigenvalue weighted by atomic mass is 16.5. The van der Waals surface area contributed by atoms with Crippen LogP contribution in [0.4, 0.5) is 0 Å². The number of phenols is 1. The van der Waals surface area contributed by atoms with Crippen LogP contribution in [0.15, 0.2) is 36.4 Å². The van der Waals surface area contributed by atoms with Crippen molar-refractivity contribution in [2.75, 3.05) is 7.11 Å². The lowest BCUT2D eigenvalue weighted by Gasteiger charge is -2.27. The molecule has 0 radical (unpaired) electrons. The molecule has 0 aliphatic heterocycles. The van der Waals surface area contributed by atoms with Gasteiger partial charge in [0, 0.05) is 16.7 Å². The molecule has 134 valence electrons. The van der Waals surface area contributed by atoms with Crippen LogP contribution in [0.3, 0.4) is 0 Å². The van der Waals surface area contributed by atoms with Crippen molar-refractivity contribution in [1.82, 2.24) is 0 Å². The van der Waals surface area contributed by atoms with Crippen LogP contribution in [0.25, 0.3) is 0 Å². The first kappa shape index (κ1) is 19.0. The molecule has 0 aliphatic rings. The average Bonchev–Trinajstić information content (AvgIpc) is 2.52. The van der Waals surface area contributed by atoms with Crippen LogP contribution in [0.2, 0.25) is 0 Å². The average molecular weight is 339 g/mol. The van der Waals surface area contributed by atoms with Gasteiger partial charge < -0.3 is 9.84 Å². The zero-order valence-electron chi connectivity index (χ0n) is 16.3. The molecule has 0 unspecified atom stereocenters. The molecule has 0 aromatic heterocycles. The van der Waals surface area contributed by atoms with Crippen molar-refractivity contribution >= 4 is 5.71 Å². The SMILES string of the molecule is COc1ccc(C(=N)c2cc(C(C)(C)C)cc(C(C)(C)C)c2O)cc1. The Balaban J connectivity index is 2.64. The van der Waals surface area contributed by atoms with E-state index in [0.717, 1.165) is 22.4 Å². The van der Waals surface area contributed by atoms with E-state index in [1.165, 1.54) is 0 Å². The Morgan fingerprint density at radius 2 is 1.48 bits per heavy atom. The van der Waals surface area contributed by atoms with Gasteiger partial charge in [-0.1, -0.05) is 47.6 Å². The third-order valence-electron chi connectivity index (χ3n) is 4.43. The van der Waals surface area contributed by atoms with E-state index in [1.54, 1.807) is 7.11 Å². The van der Waals surface area contributed by atoms with Crippen LogP contribution < -0.4 is 4.74 Å². The first-order valence-corrected chi connectivity index (χ1v) is 8.56. The van der Waals surface area contributed by atoms with Gasteiger partial charge in [0.05, 0.1) is 12.8 Å². The Bertz CT molecular complexity index is 775. The largest absolute Gasteiger partial charge is 0.507 e. The van der Waals surface area contributed by atoms with Gasteiger partial charge in [-0.25, -0.2) is 0 Å². The van der Waals surface area contributed by atoms with E-state index in [0.29, 0.717) is 11.3 Å². The molecular weight excluding hydrogens is 310 g/mol. The number of benzene rings is 2. The molecule has 25 heavy (non-hydrogen) atoms. The van der Waals surface area contributed by atoms with E-state index < -0.39 is 0 Å². The lowest BCUT2D eigenvalue weighted by Crippen LogP contribution is -2.18. The number of methoxy groups -OCH3 is 1. The highest BCUT2D eigenvalue weighted by Gasteiger charge is 2.26. The molecule has 0 heterocycles. The maximum absolute atomic E-state index is 10.9. The molecule has 3 heteroatoms. The third kappa shape index (κ3) is 4.04. The fourth-order valence-electron chi connectivity index (χ4n) is 2.74. The van der Waals surface area contributed by atoms with E-state index in [2.05, 4.69) is 47.6 Å². The molecule has 0 atom stereocenters. The molecule has 0 saturated heterocycles. The number of nitrogens with one attached hydrogen (secondary N) is 1. The molecule has 2 rings (SSSR count). The number of hydrogen-bond donors (Lipinski definition) is 2. The zero-order chi connectivity index (χ0) is 19.0. The number of aromatic hydroxyl groups is 1. The standard InChI is InChI=1S/C22H29NO2/c1-21(2,3)15-12-17(20(24)18(13-15)22(4,5)6)19(23)14-8-10-16(25-7)11-9-14/h8-13,23-24H,1-7H3. The van der Waals surface area contributed by atoms with Crippen molar-refractivity contribution in [3.63, 3.8) is 0 Å². The normalized spacial score (nSPS) is 12.1. The molecule has 2 aromatic carbocycles. The van der Waals surface area contributed by atoms with E-state index in [-0.39, 0.29) is 16.6 Å². The van der Waals surface area contributed by atoms with Crippen LogP contribution in [0, 0.1) is 5.41 Å². The van der Waals surface area contributed by atoms with Crippen molar-refractivity contribution in [2.45, 2.75) is 52.4 Å². The smallest absolute Gasteiger partial charge is 0.128 e. The summed E-state index contributed by atoms with van der Waals surface area (Å²) in [7, 11) is 1.62. The first-order valence-electron chi connectivity index (χ1n) is 8.56. The summed E-state index contributed by atoms with van der Waals surface area (Å²) in [6, 6.07) is 11.4. The fourth-order valence-corrected chi connectivity index (χ4v) is 2.74. The predicted molar refractivity (Wildman–Crippen MR) is 104 cm³/mol. The minimum atomic E-state index is -0.208. The molecule has 0 amide bonds. The molecule has 0 fully saturated rings. The summed E-state index contributed by atoms with van der Waals surface area (Å²) in [4.78, 5) is 0. The van der Waals surface area contributed by atoms with Gasteiger partial charge in [-0.3, -0.25) is 5.41 Å².